The van der Waals surface area contributed by atoms with Gasteiger partial charge in [0, 0.05) is 19.2 Å². The van der Waals surface area contributed by atoms with Crippen molar-refractivity contribution in [3.63, 3.8) is 0 Å². The SMILES string of the molecule is CNCc1cc(S(=O)(=O)N(C)CC(F)F)ccc1OC. The first-order chi connectivity index (χ1) is 9.32. The average molecular weight is 308 g/mol. The molecule has 0 heterocycles. The third kappa shape index (κ3) is 3.87. The van der Waals surface area contributed by atoms with Crippen LogP contribution in [0.4, 0.5) is 8.78 Å². The molecule has 114 valence electrons. The lowest BCUT2D eigenvalue weighted by Crippen LogP contribution is -2.31. The second kappa shape index (κ2) is 6.96. The number of rotatable bonds is 7. The Balaban J connectivity index is 3.15. The summed E-state index contributed by atoms with van der Waals surface area (Å²) in [6, 6.07) is 4.28. The van der Waals surface area contributed by atoms with Gasteiger partial charge in [-0.15, -0.1) is 0 Å². The molecule has 0 aliphatic rings. The number of halogens is 2. The number of alkyl halides is 2. The van der Waals surface area contributed by atoms with Crippen molar-refractivity contribution in [1.29, 1.82) is 0 Å². The highest BCUT2D eigenvalue weighted by atomic mass is 32.2. The number of methoxy groups -OCH3 is 1. The summed E-state index contributed by atoms with van der Waals surface area (Å²) in [5.41, 5.74) is 0.640. The summed E-state index contributed by atoms with van der Waals surface area (Å²) in [6.45, 7) is -0.430. The summed E-state index contributed by atoms with van der Waals surface area (Å²) in [6.07, 6.45) is -2.72. The van der Waals surface area contributed by atoms with Crippen LogP contribution in [-0.4, -0.2) is 46.9 Å². The Labute approximate surface area is 117 Å². The highest BCUT2D eigenvalue weighted by Crippen LogP contribution is 2.24. The fourth-order valence-electron chi connectivity index (χ4n) is 1.72. The van der Waals surface area contributed by atoms with Crippen molar-refractivity contribution in [2.45, 2.75) is 17.9 Å². The van der Waals surface area contributed by atoms with E-state index in [4.69, 9.17) is 4.74 Å². The molecule has 0 aliphatic carbocycles. The van der Waals surface area contributed by atoms with Gasteiger partial charge in [-0.25, -0.2) is 17.2 Å². The van der Waals surface area contributed by atoms with Crippen LogP contribution in [0.25, 0.3) is 0 Å². The van der Waals surface area contributed by atoms with Gasteiger partial charge in [0.15, 0.2) is 0 Å². The van der Waals surface area contributed by atoms with E-state index >= 15 is 0 Å². The van der Waals surface area contributed by atoms with Gasteiger partial charge in [-0.2, -0.15) is 4.31 Å². The smallest absolute Gasteiger partial charge is 0.252 e. The number of hydrogen-bond acceptors (Lipinski definition) is 4. The minimum atomic E-state index is -3.93. The molecule has 0 radical (unpaired) electrons. The van der Waals surface area contributed by atoms with Crippen molar-refractivity contribution in [3.8, 4) is 5.75 Å². The lowest BCUT2D eigenvalue weighted by Gasteiger charge is -2.18. The van der Waals surface area contributed by atoms with E-state index in [1.807, 2.05) is 0 Å². The lowest BCUT2D eigenvalue weighted by atomic mass is 10.2. The van der Waals surface area contributed by atoms with E-state index < -0.39 is 23.0 Å². The molecule has 0 aliphatic heterocycles. The van der Waals surface area contributed by atoms with Gasteiger partial charge in [-0.05, 0) is 25.2 Å². The van der Waals surface area contributed by atoms with Crippen molar-refractivity contribution in [3.05, 3.63) is 23.8 Å². The Morgan fingerprint density at radius 2 is 2.05 bits per heavy atom. The fraction of sp³-hybridized carbons (Fsp3) is 0.500. The zero-order chi connectivity index (χ0) is 15.3. The van der Waals surface area contributed by atoms with Crippen LogP contribution in [-0.2, 0) is 16.6 Å². The number of hydrogen-bond donors (Lipinski definition) is 1. The van der Waals surface area contributed by atoms with Gasteiger partial charge >= 0.3 is 0 Å². The van der Waals surface area contributed by atoms with Crippen LogP contribution in [0, 0.1) is 0 Å². The predicted molar refractivity (Wildman–Crippen MR) is 71.6 cm³/mol. The van der Waals surface area contributed by atoms with E-state index in [2.05, 4.69) is 5.32 Å². The molecule has 1 aromatic carbocycles. The van der Waals surface area contributed by atoms with Crippen LogP contribution in [0.15, 0.2) is 23.1 Å². The van der Waals surface area contributed by atoms with E-state index in [-0.39, 0.29) is 4.90 Å². The van der Waals surface area contributed by atoms with Crippen LogP contribution < -0.4 is 10.1 Å². The maximum absolute atomic E-state index is 12.3. The zero-order valence-electron chi connectivity index (χ0n) is 11.6. The third-order valence-electron chi connectivity index (χ3n) is 2.72. The molecule has 0 unspecified atom stereocenters. The minimum Gasteiger partial charge on any atom is -0.496 e. The van der Waals surface area contributed by atoms with Crippen LogP contribution in [0.3, 0.4) is 0 Å². The van der Waals surface area contributed by atoms with E-state index in [0.717, 1.165) is 7.05 Å². The van der Waals surface area contributed by atoms with E-state index in [1.165, 1.54) is 25.3 Å². The third-order valence-corrected chi connectivity index (χ3v) is 4.54. The van der Waals surface area contributed by atoms with E-state index in [1.54, 1.807) is 7.05 Å². The number of sulfonamides is 1. The van der Waals surface area contributed by atoms with Crippen molar-refractivity contribution in [2.75, 3.05) is 27.7 Å². The lowest BCUT2D eigenvalue weighted by molar-refractivity contribution is 0.126. The highest BCUT2D eigenvalue weighted by molar-refractivity contribution is 7.89. The van der Waals surface area contributed by atoms with Crippen LogP contribution in [0.5, 0.6) is 5.75 Å². The molecule has 0 saturated heterocycles. The second-order valence-corrected chi connectivity index (χ2v) is 6.23. The predicted octanol–water partition coefficient (Wildman–Crippen LogP) is 1.30. The maximum atomic E-state index is 12.3. The molecule has 0 amide bonds. The second-order valence-electron chi connectivity index (χ2n) is 4.18. The topological polar surface area (TPSA) is 58.6 Å². The summed E-state index contributed by atoms with van der Waals surface area (Å²) >= 11 is 0. The maximum Gasteiger partial charge on any atom is 0.252 e. The Morgan fingerprint density at radius 1 is 1.40 bits per heavy atom. The normalized spacial score (nSPS) is 12.2. The number of ether oxygens (including phenoxy) is 1. The molecular formula is C12H18F2N2O3S. The summed E-state index contributed by atoms with van der Waals surface area (Å²) in [5, 5.41) is 2.89. The van der Waals surface area contributed by atoms with Gasteiger partial charge in [0.2, 0.25) is 10.0 Å². The van der Waals surface area contributed by atoms with Crippen LogP contribution >= 0.6 is 0 Å². The van der Waals surface area contributed by atoms with E-state index in [9.17, 15) is 17.2 Å². The Bertz CT molecular complexity index is 550. The molecule has 0 aromatic heterocycles. The first-order valence-electron chi connectivity index (χ1n) is 5.89. The Hall–Kier alpha value is -1.25. The molecule has 0 atom stereocenters. The molecule has 8 heteroatoms. The molecule has 0 spiro atoms. The molecule has 1 N–H and O–H groups in total. The Morgan fingerprint density at radius 3 is 2.55 bits per heavy atom. The van der Waals surface area contributed by atoms with Gasteiger partial charge in [-0.3, -0.25) is 0 Å². The van der Waals surface area contributed by atoms with Gasteiger partial charge in [0.05, 0.1) is 18.6 Å². The van der Waals surface area contributed by atoms with Crippen molar-refractivity contribution >= 4 is 10.0 Å². The van der Waals surface area contributed by atoms with Gasteiger partial charge in [-0.1, -0.05) is 0 Å². The van der Waals surface area contributed by atoms with Gasteiger partial charge < -0.3 is 10.1 Å². The summed E-state index contributed by atoms with van der Waals surface area (Å²) < 4.78 is 54.7. The molecule has 0 bridgehead atoms. The molecule has 1 rings (SSSR count). The molecule has 0 fully saturated rings. The van der Waals surface area contributed by atoms with Crippen molar-refractivity contribution in [1.82, 2.24) is 9.62 Å². The largest absolute Gasteiger partial charge is 0.496 e. The first-order valence-corrected chi connectivity index (χ1v) is 7.33. The van der Waals surface area contributed by atoms with Gasteiger partial charge in [0.25, 0.3) is 6.43 Å². The number of benzene rings is 1. The molecule has 5 nitrogen and oxygen atoms in total. The summed E-state index contributed by atoms with van der Waals surface area (Å²) in [5.74, 6) is 0.537. The quantitative estimate of drug-likeness (QED) is 0.825. The molecule has 1 aromatic rings. The fourth-order valence-corrected chi connectivity index (χ4v) is 2.92. The highest BCUT2D eigenvalue weighted by Gasteiger charge is 2.24. The standard InChI is InChI=1S/C12H18F2N2O3S/c1-15-7-9-6-10(4-5-11(9)19-3)20(17,18)16(2)8-12(13)14/h4-6,12,15H,7-8H2,1-3H3. The number of nitrogens with zero attached hydrogens (tertiary/aromatic N) is 1. The van der Waals surface area contributed by atoms with Crippen LogP contribution in [0.1, 0.15) is 5.56 Å². The monoisotopic (exact) mass is 308 g/mol. The van der Waals surface area contributed by atoms with Crippen molar-refractivity contribution < 1.29 is 21.9 Å². The molecule has 20 heavy (non-hydrogen) atoms. The minimum absolute atomic E-state index is 0.0355. The zero-order valence-corrected chi connectivity index (χ0v) is 12.4. The number of nitrogens with one attached hydrogen (secondary N) is 1. The van der Waals surface area contributed by atoms with Gasteiger partial charge in [0.1, 0.15) is 5.75 Å². The summed E-state index contributed by atoms with van der Waals surface area (Å²) in [4.78, 5) is -0.0355. The van der Waals surface area contributed by atoms with Crippen molar-refractivity contribution in [2.24, 2.45) is 0 Å². The molecule has 0 saturated carbocycles. The first kappa shape index (κ1) is 16.8. The Kier molecular flexibility index (Phi) is 5.85. The van der Waals surface area contributed by atoms with Crippen LogP contribution in [0.2, 0.25) is 0 Å². The van der Waals surface area contributed by atoms with E-state index in [0.29, 0.717) is 22.2 Å². The summed E-state index contributed by atoms with van der Waals surface area (Å²) in [7, 11) is 0.388. The molecular weight excluding hydrogens is 290 g/mol. The average Bonchev–Trinajstić information content (AvgIpc) is 2.38.